The summed E-state index contributed by atoms with van der Waals surface area (Å²) in [4.78, 5) is 0.352. The average molecular weight is 375 g/mol. The number of hydrogen-bond donors (Lipinski definition) is 0. The van der Waals surface area contributed by atoms with Crippen LogP contribution in [0.15, 0.2) is 47.4 Å². The first-order valence-electron chi connectivity index (χ1n) is 8.96. The summed E-state index contributed by atoms with van der Waals surface area (Å²) in [6, 6.07) is 11.5. The standard InChI is InChI=1S/C20H22FNO3S/c1-14-12-22(13-20(25-14)16-5-8-18(21)9-6-16)26(23,24)19-10-7-15-3-2-4-17(15)11-19/h5-11,14,20H,2-4,12-13H2,1H3. The average Bonchev–Trinajstić information content (AvgIpc) is 3.09. The van der Waals surface area contributed by atoms with E-state index in [1.54, 1.807) is 18.2 Å². The molecule has 1 heterocycles. The number of rotatable bonds is 3. The van der Waals surface area contributed by atoms with E-state index >= 15 is 0 Å². The van der Waals surface area contributed by atoms with E-state index in [4.69, 9.17) is 4.74 Å². The lowest BCUT2D eigenvalue weighted by atomic mass is 10.1. The summed E-state index contributed by atoms with van der Waals surface area (Å²) < 4.78 is 46.9. The van der Waals surface area contributed by atoms with Crippen LogP contribution in [0.4, 0.5) is 4.39 Å². The Morgan fingerprint density at radius 3 is 2.54 bits per heavy atom. The lowest BCUT2D eigenvalue weighted by Crippen LogP contribution is -2.45. The van der Waals surface area contributed by atoms with Crippen LogP contribution >= 0.6 is 0 Å². The molecule has 0 aromatic heterocycles. The van der Waals surface area contributed by atoms with E-state index in [0.717, 1.165) is 30.4 Å². The third-order valence-corrected chi connectivity index (χ3v) is 7.00. The highest BCUT2D eigenvalue weighted by molar-refractivity contribution is 7.89. The Morgan fingerprint density at radius 2 is 1.77 bits per heavy atom. The molecular formula is C20H22FNO3S. The van der Waals surface area contributed by atoms with Gasteiger partial charge in [-0.15, -0.1) is 0 Å². The molecule has 1 aliphatic carbocycles. The SMILES string of the molecule is CC1CN(S(=O)(=O)c2ccc3c(c2)CCC3)CC(c2ccc(F)cc2)O1. The summed E-state index contributed by atoms with van der Waals surface area (Å²) in [5.41, 5.74) is 3.18. The summed E-state index contributed by atoms with van der Waals surface area (Å²) in [5.74, 6) is -0.319. The Labute approximate surface area is 153 Å². The van der Waals surface area contributed by atoms with Crippen molar-refractivity contribution in [2.24, 2.45) is 0 Å². The zero-order chi connectivity index (χ0) is 18.3. The first-order chi connectivity index (χ1) is 12.4. The van der Waals surface area contributed by atoms with Crippen molar-refractivity contribution in [3.8, 4) is 0 Å². The highest BCUT2D eigenvalue weighted by atomic mass is 32.2. The van der Waals surface area contributed by atoms with Gasteiger partial charge < -0.3 is 4.74 Å². The summed E-state index contributed by atoms with van der Waals surface area (Å²) in [6.07, 6.45) is 2.42. The van der Waals surface area contributed by atoms with Gasteiger partial charge in [0.05, 0.1) is 17.1 Å². The maximum Gasteiger partial charge on any atom is 0.243 e. The molecule has 0 amide bonds. The van der Waals surface area contributed by atoms with Crippen LogP contribution in [0.2, 0.25) is 0 Å². The fourth-order valence-electron chi connectivity index (χ4n) is 3.83. The number of halogens is 1. The number of sulfonamides is 1. The van der Waals surface area contributed by atoms with E-state index < -0.39 is 16.1 Å². The van der Waals surface area contributed by atoms with E-state index in [1.807, 2.05) is 19.1 Å². The molecule has 0 N–H and O–H groups in total. The first kappa shape index (κ1) is 17.6. The number of ether oxygens (including phenoxy) is 1. The normalized spacial score (nSPS) is 23.8. The van der Waals surface area contributed by atoms with Crippen molar-refractivity contribution in [3.05, 3.63) is 65.0 Å². The number of aryl methyl sites for hydroxylation is 2. The van der Waals surface area contributed by atoms with Gasteiger partial charge in [-0.2, -0.15) is 4.31 Å². The molecular weight excluding hydrogens is 353 g/mol. The molecule has 4 nitrogen and oxygen atoms in total. The third kappa shape index (κ3) is 3.29. The number of nitrogens with zero attached hydrogens (tertiary/aromatic N) is 1. The van der Waals surface area contributed by atoms with E-state index in [0.29, 0.717) is 11.4 Å². The van der Waals surface area contributed by atoms with E-state index in [9.17, 15) is 12.8 Å². The molecule has 0 radical (unpaired) electrons. The molecule has 2 aromatic rings. The van der Waals surface area contributed by atoms with Gasteiger partial charge >= 0.3 is 0 Å². The molecule has 1 aliphatic heterocycles. The molecule has 2 aromatic carbocycles. The molecule has 4 rings (SSSR count). The Kier molecular flexibility index (Phi) is 4.59. The van der Waals surface area contributed by atoms with Crippen molar-refractivity contribution in [2.45, 2.75) is 43.3 Å². The van der Waals surface area contributed by atoms with Crippen molar-refractivity contribution in [2.75, 3.05) is 13.1 Å². The lowest BCUT2D eigenvalue weighted by Gasteiger charge is -2.36. The molecule has 6 heteroatoms. The third-order valence-electron chi connectivity index (χ3n) is 5.18. The quantitative estimate of drug-likeness (QED) is 0.825. The van der Waals surface area contributed by atoms with Gasteiger partial charge in [-0.1, -0.05) is 18.2 Å². The van der Waals surface area contributed by atoms with Gasteiger partial charge in [0, 0.05) is 13.1 Å². The highest BCUT2D eigenvalue weighted by Crippen LogP contribution is 2.31. The molecule has 1 saturated heterocycles. The zero-order valence-corrected chi connectivity index (χ0v) is 15.5. The Hall–Kier alpha value is -1.76. The highest BCUT2D eigenvalue weighted by Gasteiger charge is 2.35. The minimum absolute atomic E-state index is 0.232. The van der Waals surface area contributed by atoms with Gasteiger partial charge in [-0.05, 0) is 67.1 Å². The van der Waals surface area contributed by atoms with Crippen LogP contribution in [0.3, 0.4) is 0 Å². The topological polar surface area (TPSA) is 46.6 Å². The minimum atomic E-state index is -3.59. The first-order valence-corrected chi connectivity index (χ1v) is 10.4. The van der Waals surface area contributed by atoms with Crippen LogP contribution in [-0.2, 0) is 27.6 Å². The summed E-state index contributed by atoms with van der Waals surface area (Å²) >= 11 is 0. The fourth-order valence-corrected chi connectivity index (χ4v) is 5.40. The lowest BCUT2D eigenvalue weighted by molar-refractivity contribution is -0.0557. The molecule has 138 valence electrons. The maximum absolute atomic E-state index is 13.2. The second-order valence-corrected chi connectivity index (χ2v) is 9.03. The number of hydrogen-bond acceptors (Lipinski definition) is 3. The van der Waals surface area contributed by atoms with Crippen LogP contribution in [-0.4, -0.2) is 31.9 Å². The van der Waals surface area contributed by atoms with E-state index in [2.05, 4.69) is 0 Å². The van der Waals surface area contributed by atoms with Gasteiger partial charge in [0.1, 0.15) is 5.82 Å². The fraction of sp³-hybridized carbons (Fsp3) is 0.400. The van der Waals surface area contributed by atoms with Crippen LogP contribution in [0.25, 0.3) is 0 Å². The van der Waals surface area contributed by atoms with Crippen LogP contribution in [0.1, 0.15) is 36.1 Å². The molecule has 26 heavy (non-hydrogen) atoms. The van der Waals surface area contributed by atoms with E-state index in [1.165, 1.54) is 22.0 Å². The predicted octanol–water partition coefficient (Wildman–Crippen LogP) is 3.47. The molecule has 2 atom stereocenters. The summed E-state index contributed by atoms with van der Waals surface area (Å²) in [7, 11) is -3.59. The van der Waals surface area contributed by atoms with Crippen molar-refractivity contribution in [1.82, 2.24) is 4.31 Å². The summed E-state index contributed by atoms with van der Waals surface area (Å²) in [5, 5.41) is 0. The van der Waals surface area contributed by atoms with Crippen molar-refractivity contribution in [1.29, 1.82) is 0 Å². The number of fused-ring (bicyclic) bond motifs is 1. The van der Waals surface area contributed by atoms with Gasteiger partial charge in [-0.25, -0.2) is 12.8 Å². The van der Waals surface area contributed by atoms with Crippen molar-refractivity contribution < 1.29 is 17.5 Å². The molecule has 0 spiro atoms. The van der Waals surface area contributed by atoms with Crippen LogP contribution < -0.4 is 0 Å². The van der Waals surface area contributed by atoms with Crippen LogP contribution in [0, 0.1) is 5.82 Å². The molecule has 0 saturated carbocycles. The monoisotopic (exact) mass is 375 g/mol. The second-order valence-electron chi connectivity index (χ2n) is 7.09. The van der Waals surface area contributed by atoms with Crippen molar-refractivity contribution in [3.63, 3.8) is 0 Å². The number of morpholine rings is 1. The van der Waals surface area contributed by atoms with E-state index in [-0.39, 0.29) is 18.5 Å². The molecule has 0 bridgehead atoms. The molecule has 2 aliphatic rings. The smallest absolute Gasteiger partial charge is 0.243 e. The molecule has 1 fully saturated rings. The van der Waals surface area contributed by atoms with Gasteiger partial charge in [0.15, 0.2) is 0 Å². The maximum atomic E-state index is 13.2. The molecule has 2 unspecified atom stereocenters. The Balaban J connectivity index is 1.62. The Morgan fingerprint density at radius 1 is 1.04 bits per heavy atom. The van der Waals surface area contributed by atoms with Gasteiger partial charge in [-0.3, -0.25) is 0 Å². The largest absolute Gasteiger partial charge is 0.368 e. The van der Waals surface area contributed by atoms with Gasteiger partial charge in [0.25, 0.3) is 0 Å². The Bertz CT molecular complexity index is 911. The van der Waals surface area contributed by atoms with Crippen LogP contribution in [0.5, 0.6) is 0 Å². The second kappa shape index (κ2) is 6.76. The van der Waals surface area contributed by atoms with Gasteiger partial charge in [0.2, 0.25) is 10.0 Å². The number of benzene rings is 2. The zero-order valence-electron chi connectivity index (χ0n) is 14.7. The predicted molar refractivity (Wildman–Crippen MR) is 96.9 cm³/mol. The van der Waals surface area contributed by atoms with Crippen molar-refractivity contribution >= 4 is 10.0 Å². The summed E-state index contributed by atoms with van der Waals surface area (Å²) in [6.45, 7) is 2.41. The minimum Gasteiger partial charge on any atom is -0.368 e.